The number of hydrogen-bond acceptors (Lipinski definition) is 4. The van der Waals surface area contributed by atoms with Crippen molar-refractivity contribution in [2.24, 2.45) is 13.0 Å². The predicted octanol–water partition coefficient (Wildman–Crippen LogP) is 4.66. The van der Waals surface area contributed by atoms with Crippen LogP contribution in [0.2, 0.25) is 0 Å². The molecule has 6 heteroatoms. The number of fused-ring (bicyclic) bond motifs is 1. The van der Waals surface area contributed by atoms with Gasteiger partial charge in [0.15, 0.2) is 5.76 Å². The summed E-state index contributed by atoms with van der Waals surface area (Å²) < 4.78 is 7.30. The highest BCUT2D eigenvalue weighted by atomic mass is 32.2. The van der Waals surface area contributed by atoms with Gasteiger partial charge in [-0.1, -0.05) is 22.9 Å². The van der Waals surface area contributed by atoms with Crippen LogP contribution in [0.5, 0.6) is 0 Å². The van der Waals surface area contributed by atoms with E-state index in [1.165, 1.54) is 16.0 Å². The summed E-state index contributed by atoms with van der Waals surface area (Å²) in [6.45, 7) is 2.21. The summed E-state index contributed by atoms with van der Waals surface area (Å²) in [7, 11) is 1.86. The quantitative estimate of drug-likeness (QED) is 0.718. The van der Waals surface area contributed by atoms with Crippen molar-refractivity contribution in [1.29, 1.82) is 0 Å². The molecular weight excluding hydrogens is 358 g/mol. The zero-order chi connectivity index (χ0) is 18.6. The van der Waals surface area contributed by atoms with Crippen LogP contribution < -0.4 is 5.32 Å². The molecule has 0 radical (unpaired) electrons. The monoisotopic (exact) mass is 377 g/mol. The van der Waals surface area contributed by atoms with Crippen molar-refractivity contribution in [2.75, 3.05) is 5.32 Å². The number of carbonyl (C=O) groups is 1. The number of carbonyl (C=O) groups excluding carboxylic acids is 1. The van der Waals surface area contributed by atoms with Gasteiger partial charge in [0.05, 0.1) is 10.9 Å². The van der Waals surface area contributed by atoms with Crippen molar-refractivity contribution in [1.82, 2.24) is 9.72 Å². The van der Waals surface area contributed by atoms with Crippen LogP contribution in [0, 0.1) is 5.92 Å². The van der Waals surface area contributed by atoms with E-state index in [4.69, 9.17) is 4.52 Å². The van der Waals surface area contributed by atoms with Crippen LogP contribution in [0.4, 0.5) is 5.69 Å². The fourth-order valence-electron chi connectivity index (χ4n) is 3.92. The minimum absolute atomic E-state index is 0.0370. The molecular formula is C21H19N3O2S. The van der Waals surface area contributed by atoms with E-state index in [9.17, 15) is 4.79 Å². The number of amides is 1. The Labute approximate surface area is 161 Å². The largest absolute Gasteiger partial charge is 0.360 e. The molecule has 5 nitrogen and oxygen atoms in total. The van der Waals surface area contributed by atoms with Crippen LogP contribution in [-0.2, 0) is 11.8 Å². The van der Waals surface area contributed by atoms with E-state index in [0.29, 0.717) is 11.6 Å². The first-order valence-electron chi connectivity index (χ1n) is 8.92. The van der Waals surface area contributed by atoms with Gasteiger partial charge in [0.2, 0.25) is 0 Å². The Morgan fingerprint density at radius 3 is 2.78 bits per heavy atom. The first kappa shape index (κ1) is 16.4. The van der Waals surface area contributed by atoms with Crippen LogP contribution in [0.15, 0.2) is 65.0 Å². The van der Waals surface area contributed by atoms with E-state index in [1.807, 2.05) is 59.9 Å². The number of hydrogen-bond donors (Lipinski definition) is 1. The second-order valence-electron chi connectivity index (χ2n) is 7.17. The van der Waals surface area contributed by atoms with Crippen LogP contribution in [0.1, 0.15) is 35.2 Å². The SMILES string of the molecule is CC1=C(c2ccc(NC(=O)c3cccn3C)cc2)SC2(c3ccno3)CC12. The van der Waals surface area contributed by atoms with Gasteiger partial charge in [0.1, 0.15) is 5.69 Å². The molecule has 3 heterocycles. The Morgan fingerprint density at radius 2 is 2.11 bits per heavy atom. The lowest BCUT2D eigenvalue weighted by molar-refractivity contribution is 0.101. The van der Waals surface area contributed by atoms with Gasteiger partial charge >= 0.3 is 0 Å². The maximum atomic E-state index is 12.3. The molecule has 1 fully saturated rings. The van der Waals surface area contributed by atoms with Gasteiger partial charge in [0, 0.05) is 35.8 Å². The van der Waals surface area contributed by atoms with Crippen LogP contribution in [-0.4, -0.2) is 15.6 Å². The Hall–Kier alpha value is -2.73. The molecule has 1 aliphatic carbocycles. The number of rotatable bonds is 4. The molecule has 1 saturated carbocycles. The Kier molecular flexibility index (Phi) is 3.59. The fourth-order valence-corrected chi connectivity index (χ4v) is 5.62. The number of aryl methyl sites for hydroxylation is 1. The molecule has 0 bridgehead atoms. The molecule has 5 rings (SSSR count). The summed E-state index contributed by atoms with van der Waals surface area (Å²) in [6.07, 6.45) is 4.70. The number of allylic oxidation sites excluding steroid dienone is 1. The van der Waals surface area contributed by atoms with Crippen LogP contribution in [0.25, 0.3) is 4.91 Å². The van der Waals surface area contributed by atoms with Gasteiger partial charge < -0.3 is 14.4 Å². The average molecular weight is 377 g/mol. The lowest BCUT2D eigenvalue weighted by atomic mass is 10.1. The molecule has 27 heavy (non-hydrogen) atoms. The molecule has 0 spiro atoms. The summed E-state index contributed by atoms with van der Waals surface area (Å²) >= 11 is 1.88. The smallest absolute Gasteiger partial charge is 0.272 e. The minimum Gasteiger partial charge on any atom is -0.360 e. The van der Waals surface area contributed by atoms with Gasteiger partial charge in [-0.3, -0.25) is 4.79 Å². The molecule has 2 unspecified atom stereocenters. The summed E-state index contributed by atoms with van der Waals surface area (Å²) in [5, 5.41) is 6.83. The van der Waals surface area contributed by atoms with Gasteiger partial charge in [-0.2, -0.15) is 0 Å². The van der Waals surface area contributed by atoms with E-state index in [-0.39, 0.29) is 10.7 Å². The Bertz CT molecular complexity index is 1050. The number of thioether (sulfide) groups is 1. The highest BCUT2D eigenvalue weighted by molar-refractivity contribution is 8.09. The third kappa shape index (κ3) is 2.55. The van der Waals surface area contributed by atoms with E-state index in [0.717, 1.165) is 17.9 Å². The number of nitrogens with one attached hydrogen (secondary N) is 1. The first-order chi connectivity index (χ1) is 13.1. The molecule has 3 aromatic rings. The van der Waals surface area contributed by atoms with E-state index in [2.05, 4.69) is 29.5 Å². The lowest BCUT2D eigenvalue weighted by Crippen LogP contribution is -2.15. The Morgan fingerprint density at radius 1 is 1.30 bits per heavy atom. The van der Waals surface area contributed by atoms with E-state index < -0.39 is 0 Å². The number of benzene rings is 1. The number of aromatic nitrogens is 2. The van der Waals surface area contributed by atoms with Crippen LogP contribution in [0.3, 0.4) is 0 Å². The fraction of sp³-hybridized carbons (Fsp3) is 0.238. The molecule has 2 atom stereocenters. The molecule has 1 aromatic carbocycles. The second kappa shape index (κ2) is 5.89. The Balaban J connectivity index is 1.34. The third-order valence-electron chi connectivity index (χ3n) is 5.51. The predicted molar refractivity (Wildman–Crippen MR) is 106 cm³/mol. The van der Waals surface area contributed by atoms with E-state index in [1.54, 1.807) is 6.20 Å². The highest BCUT2D eigenvalue weighted by Crippen LogP contribution is 2.73. The van der Waals surface area contributed by atoms with Crippen molar-refractivity contribution in [3.8, 4) is 0 Å². The highest BCUT2D eigenvalue weighted by Gasteiger charge is 2.64. The third-order valence-corrected chi connectivity index (χ3v) is 7.29. The first-order valence-corrected chi connectivity index (χ1v) is 9.74. The lowest BCUT2D eigenvalue weighted by Gasteiger charge is -2.12. The molecule has 2 aromatic heterocycles. The van der Waals surface area contributed by atoms with Crippen LogP contribution >= 0.6 is 11.8 Å². The molecule has 1 N–H and O–H groups in total. The summed E-state index contributed by atoms with van der Waals surface area (Å²) in [5.74, 6) is 1.40. The van der Waals surface area contributed by atoms with Gasteiger partial charge in [-0.15, -0.1) is 11.8 Å². The second-order valence-corrected chi connectivity index (χ2v) is 8.51. The number of nitrogens with zero attached hydrogens (tertiary/aromatic N) is 2. The van der Waals surface area contributed by atoms with Crippen molar-refractivity contribution in [2.45, 2.75) is 18.1 Å². The maximum Gasteiger partial charge on any atom is 0.272 e. The molecule has 1 aliphatic heterocycles. The molecule has 1 amide bonds. The summed E-state index contributed by atoms with van der Waals surface area (Å²) in [6, 6.07) is 13.7. The van der Waals surface area contributed by atoms with Gasteiger partial charge in [-0.25, -0.2) is 0 Å². The average Bonchev–Trinajstić information content (AvgIpc) is 3.06. The van der Waals surface area contributed by atoms with Crippen molar-refractivity contribution < 1.29 is 9.32 Å². The molecule has 136 valence electrons. The van der Waals surface area contributed by atoms with Gasteiger partial charge in [0.25, 0.3) is 5.91 Å². The van der Waals surface area contributed by atoms with Crippen molar-refractivity contribution >= 4 is 28.3 Å². The van der Waals surface area contributed by atoms with Crippen molar-refractivity contribution in [3.63, 3.8) is 0 Å². The molecule has 2 aliphatic rings. The summed E-state index contributed by atoms with van der Waals surface area (Å²) in [4.78, 5) is 13.7. The van der Waals surface area contributed by atoms with Gasteiger partial charge in [-0.05, 0) is 43.2 Å². The zero-order valence-electron chi connectivity index (χ0n) is 15.1. The zero-order valence-corrected chi connectivity index (χ0v) is 15.9. The normalized spacial score (nSPS) is 23.4. The number of anilines is 1. The molecule has 0 saturated heterocycles. The topological polar surface area (TPSA) is 60.1 Å². The summed E-state index contributed by atoms with van der Waals surface area (Å²) in [5.41, 5.74) is 4.02. The van der Waals surface area contributed by atoms with Crippen molar-refractivity contribution in [3.05, 3.63) is 77.4 Å². The standard InChI is InChI=1S/C21H19N3O2S/c1-13-16-12-21(16,18-9-10-22-26-18)27-19(13)14-5-7-15(8-6-14)23-20(25)17-4-3-11-24(17)2/h3-11,16H,12H2,1-2H3,(H,23,25). The minimum atomic E-state index is -0.105. The maximum absolute atomic E-state index is 12.3. The van der Waals surface area contributed by atoms with E-state index >= 15 is 0 Å².